The highest BCUT2D eigenvalue weighted by atomic mass is 32.2. The second-order valence-corrected chi connectivity index (χ2v) is 9.40. The van der Waals surface area contributed by atoms with Crippen molar-refractivity contribution in [3.63, 3.8) is 0 Å². The number of methoxy groups -OCH3 is 5. The Balaban J connectivity index is 2.05. The predicted octanol–water partition coefficient (Wildman–Crippen LogP) is 4.58. The fraction of sp³-hybridized carbons (Fsp3) is 0.231. The van der Waals surface area contributed by atoms with Gasteiger partial charge in [-0.05, 0) is 53.6 Å². The molecule has 0 atom stereocenters. The molecule has 3 aromatic rings. The summed E-state index contributed by atoms with van der Waals surface area (Å²) in [6.07, 6.45) is 3.52. The van der Waals surface area contributed by atoms with Crippen molar-refractivity contribution in [3.05, 3.63) is 65.2 Å². The first-order valence-corrected chi connectivity index (χ1v) is 12.2. The summed E-state index contributed by atoms with van der Waals surface area (Å²) in [5.74, 6) is 1.53. The standard InChI is InChI=1S/C26H28O8S/c1-30-19-9-11-20(12-10-19)35(28,29)16-21-18(8-13-22(27)25(21)33-4)7-6-17-14-23(31-2)26(34-5)24(15-17)32-3/h6-15,27H,16H2,1-5H3/b7-6-. The average Bonchev–Trinajstić information content (AvgIpc) is 2.87. The molecule has 0 aliphatic rings. The number of aromatic hydroxyl groups is 1. The Morgan fingerprint density at radius 2 is 1.34 bits per heavy atom. The van der Waals surface area contributed by atoms with Gasteiger partial charge in [0.15, 0.2) is 32.8 Å². The number of hydrogen-bond acceptors (Lipinski definition) is 8. The average molecular weight is 501 g/mol. The Kier molecular flexibility index (Phi) is 8.14. The van der Waals surface area contributed by atoms with Crippen molar-refractivity contribution < 1.29 is 37.2 Å². The number of rotatable bonds is 10. The maximum Gasteiger partial charge on any atom is 0.203 e. The molecule has 9 heteroatoms. The van der Waals surface area contributed by atoms with E-state index in [1.165, 1.54) is 53.7 Å². The lowest BCUT2D eigenvalue weighted by molar-refractivity contribution is 0.324. The first-order valence-electron chi connectivity index (χ1n) is 10.5. The maximum atomic E-state index is 13.2. The van der Waals surface area contributed by atoms with Crippen LogP contribution >= 0.6 is 0 Å². The third kappa shape index (κ3) is 5.63. The fourth-order valence-corrected chi connectivity index (χ4v) is 5.00. The minimum absolute atomic E-state index is 0.0918. The zero-order chi connectivity index (χ0) is 25.6. The van der Waals surface area contributed by atoms with Gasteiger partial charge in [-0.2, -0.15) is 0 Å². The van der Waals surface area contributed by atoms with Crippen LogP contribution in [0.4, 0.5) is 0 Å². The molecule has 0 aliphatic carbocycles. The molecular weight excluding hydrogens is 472 g/mol. The van der Waals surface area contributed by atoms with Crippen LogP contribution in [0.5, 0.6) is 34.5 Å². The normalized spacial score (nSPS) is 11.3. The third-order valence-electron chi connectivity index (χ3n) is 5.38. The van der Waals surface area contributed by atoms with Gasteiger partial charge in [0.25, 0.3) is 0 Å². The molecule has 8 nitrogen and oxygen atoms in total. The van der Waals surface area contributed by atoms with E-state index in [0.29, 0.717) is 34.1 Å². The van der Waals surface area contributed by atoms with Gasteiger partial charge in [-0.25, -0.2) is 8.42 Å². The highest BCUT2D eigenvalue weighted by Crippen LogP contribution is 2.39. The van der Waals surface area contributed by atoms with Crippen molar-refractivity contribution in [3.8, 4) is 34.5 Å². The summed E-state index contributed by atoms with van der Waals surface area (Å²) in [6, 6.07) is 12.7. The summed E-state index contributed by atoms with van der Waals surface area (Å²) in [5.41, 5.74) is 1.62. The van der Waals surface area contributed by atoms with Crippen molar-refractivity contribution in [2.75, 3.05) is 35.5 Å². The number of phenolic OH excluding ortho intramolecular Hbond substituents is 1. The highest BCUT2D eigenvalue weighted by Gasteiger charge is 2.22. The first kappa shape index (κ1) is 25.8. The van der Waals surface area contributed by atoms with Crippen LogP contribution in [0.25, 0.3) is 12.2 Å². The van der Waals surface area contributed by atoms with Crippen LogP contribution in [-0.2, 0) is 15.6 Å². The molecule has 0 aliphatic heterocycles. The van der Waals surface area contributed by atoms with E-state index in [-0.39, 0.29) is 22.1 Å². The molecule has 0 unspecified atom stereocenters. The fourth-order valence-electron chi connectivity index (χ4n) is 3.60. The van der Waals surface area contributed by atoms with E-state index in [0.717, 1.165) is 5.56 Å². The lowest BCUT2D eigenvalue weighted by Gasteiger charge is -2.15. The minimum Gasteiger partial charge on any atom is -0.504 e. The van der Waals surface area contributed by atoms with Gasteiger partial charge in [-0.1, -0.05) is 18.2 Å². The molecule has 0 saturated heterocycles. The topological polar surface area (TPSA) is 101 Å². The summed E-state index contributed by atoms with van der Waals surface area (Å²) >= 11 is 0. The summed E-state index contributed by atoms with van der Waals surface area (Å²) in [6.45, 7) is 0. The number of benzene rings is 3. The lowest BCUT2D eigenvalue weighted by Crippen LogP contribution is -2.08. The number of sulfone groups is 1. The zero-order valence-electron chi connectivity index (χ0n) is 20.2. The van der Waals surface area contributed by atoms with E-state index in [9.17, 15) is 13.5 Å². The summed E-state index contributed by atoms with van der Waals surface area (Å²) in [5, 5.41) is 10.3. The SMILES string of the molecule is COc1ccc(S(=O)(=O)Cc2c(/C=C\c3cc(OC)c(OC)c(OC)c3)ccc(O)c2OC)cc1. The van der Waals surface area contributed by atoms with Crippen molar-refractivity contribution in [1.29, 1.82) is 0 Å². The molecule has 0 heterocycles. The first-order chi connectivity index (χ1) is 16.8. The van der Waals surface area contributed by atoms with Crippen LogP contribution in [0.2, 0.25) is 0 Å². The van der Waals surface area contributed by atoms with Crippen LogP contribution in [0, 0.1) is 0 Å². The monoisotopic (exact) mass is 500 g/mol. The number of ether oxygens (including phenoxy) is 5. The van der Waals surface area contributed by atoms with Crippen LogP contribution in [-0.4, -0.2) is 49.1 Å². The smallest absolute Gasteiger partial charge is 0.203 e. The molecule has 186 valence electrons. The highest BCUT2D eigenvalue weighted by molar-refractivity contribution is 7.90. The Hall–Kier alpha value is -3.85. The molecular formula is C26H28O8S. The Morgan fingerprint density at radius 3 is 1.86 bits per heavy atom. The van der Waals surface area contributed by atoms with Gasteiger partial charge in [0, 0.05) is 5.56 Å². The van der Waals surface area contributed by atoms with Crippen LogP contribution < -0.4 is 23.7 Å². The Bertz CT molecular complexity index is 1290. The van der Waals surface area contributed by atoms with Gasteiger partial charge in [0.1, 0.15) is 5.75 Å². The second kappa shape index (κ2) is 11.1. The molecule has 0 spiro atoms. The van der Waals surface area contributed by atoms with Gasteiger partial charge in [0.05, 0.1) is 46.2 Å². The van der Waals surface area contributed by atoms with Crippen molar-refractivity contribution in [2.24, 2.45) is 0 Å². The predicted molar refractivity (Wildman–Crippen MR) is 134 cm³/mol. The molecule has 3 aromatic carbocycles. The van der Waals surface area contributed by atoms with Crippen molar-refractivity contribution in [2.45, 2.75) is 10.6 Å². The molecule has 1 N–H and O–H groups in total. The van der Waals surface area contributed by atoms with E-state index in [1.807, 2.05) is 0 Å². The maximum absolute atomic E-state index is 13.2. The number of phenols is 1. The summed E-state index contributed by atoms with van der Waals surface area (Å²) in [7, 11) is 3.70. The second-order valence-electron chi connectivity index (χ2n) is 7.41. The van der Waals surface area contributed by atoms with Crippen molar-refractivity contribution >= 4 is 22.0 Å². The molecule has 35 heavy (non-hydrogen) atoms. The van der Waals surface area contributed by atoms with Gasteiger partial charge < -0.3 is 28.8 Å². The molecule has 0 amide bonds. The molecule has 0 radical (unpaired) electrons. The number of hydrogen-bond donors (Lipinski definition) is 1. The van der Waals surface area contributed by atoms with E-state index in [2.05, 4.69) is 0 Å². The van der Waals surface area contributed by atoms with E-state index in [1.54, 1.807) is 42.5 Å². The van der Waals surface area contributed by atoms with E-state index < -0.39 is 9.84 Å². The van der Waals surface area contributed by atoms with Crippen LogP contribution in [0.1, 0.15) is 16.7 Å². The van der Waals surface area contributed by atoms with Gasteiger partial charge >= 0.3 is 0 Å². The zero-order valence-corrected chi connectivity index (χ0v) is 21.0. The van der Waals surface area contributed by atoms with Gasteiger partial charge in [0.2, 0.25) is 5.75 Å². The Morgan fingerprint density at radius 1 is 0.743 bits per heavy atom. The molecule has 0 fully saturated rings. The van der Waals surface area contributed by atoms with Gasteiger partial charge in [-0.15, -0.1) is 0 Å². The minimum atomic E-state index is -3.76. The molecule has 0 saturated carbocycles. The lowest BCUT2D eigenvalue weighted by atomic mass is 10.0. The summed E-state index contributed by atoms with van der Waals surface area (Å²) < 4.78 is 53.0. The molecule has 0 aromatic heterocycles. The van der Waals surface area contributed by atoms with E-state index in [4.69, 9.17) is 23.7 Å². The van der Waals surface area contributed by atoms with Crippen molar-refractivity contribution in [1.82, 2.24) is 0 Å². The van der Waals surface area contributed by atoms with Gasteiger partial charge in [-0.3, -0.25) is 0 Å². The Labute approximate surface area is 205 Å². The van der Waals surface area contributed by atoms with Crippen LogP contribution in [0.3, 0.4) is 0 Å². The molecule has 0 bridgehead atoms. The van der Waals surface area contributed by atoms with E-state index >= 15 is 0 Å². The largest absolute Gasteiger partial charge is 0.504 e. The third-order valence-corrected chi connectivity index (χ3v) is 7.03. The quantitative estimate of drug-likeness (QED) is 0.404. The molecule has 3 rings (SSSR count). The van der Waals surface area contributed by atoms with Crippen LogP contribution in [0.15, 0.2) is 53.4 Å². The summed E-state index contributed by atoms with van der Waals surface area (Å²) in [4.78, 5) is 0.128.